The van der Waals surface area contributed by atoms with Crippen molar-refractivity contribution in [3.63, 3.8) is 0 Å². The van der Waals surface area contributed by atoms with Crippen molar-refractivity contribution >= 4 is 28.7 Å². The van der Waals surface area contributed by atoms with Crippen LogP contribution in [0.15, 0.2) is 53.9 Å². The van der Waals surface area contributed by atoms with Crippen molar-refractivity contribution in [1.29, 1.82) is 0 Å². The van der Waals surface area contributed by atoms with Crippen LogP contribution in [0.25, 0.3) is 16.4 Å². The normalized spacial score (nSPS) is 10.7. The van der Waals surface area contributed by atoms with Gasteiger partial charge in [-0.25, -0.2) is 4.98 Å². The first-order chi connectivity index (χ1) is 15.4. The lowest BCUT2D eigenvalue weighted by atomic mass is 10.1. The molecule has 2 aromatic carbocycles. The van der Waals surface area contributed by atoms with Crippen LogP contribution in [0.3, 0.4) is 0 Å². The number of carbonyl (C=O) groups excluding carboxylic acids is 1. The summed E-state index contributed by atoms with van der Waals surface area (Å²) in [5.41, 5.74) is 2.90. The Balaban J connectivity index is 1.63. The van der Waals surface area contributed by atoms with E-state index in [4.69, 9.17) is 4.74 Å². The minimum atomic E-state index is -0.504. The Morgan fingerprint density at radius 3 is 2.75 bits per heavy atom. The second-order valence-corrected chi connectivity index (χ2v) is 7.88. The largest absolute Gasteiger partial charge is 0.497 e. The van der Waals surface area contributed by atoms with Gasteiger partial charge in [-0.05, 0) is 32.0 Å². The molecule has 0 spiro atoms. The maximum absolute atomic E-state index is 12.8. The summed E-state index contributed by atoms with van der Waals surface area (Å²) in [7, 11) is 1.61. The highest BCUT2D eigenvalue weighted by Crippen LogP contribution is 2.29. The fraction of sp³-hybridized carbons (Fsp3) is 0.136. The van der Waals surface area contributed by atoms with Gasteiger partial charge in [0.15, 0.2) is 0 Å². The van der Waals surface area contributed by atoms with Crippen molar-refractivity contribution in [1.82, 2.24) is 14.8 Å². The fourth-order valence-electron chi connectivity index (χ4n) is 3.15. The summed E-state index contributed by atoms with van der Waals surface area (Å²) in [6, 6.07) is 13.7. The maximum atomic E-state index is 12.8. The van der Waals surface area contributed by atoms with Gasteiger partial charge in [-0.3, -0.25) is 14.9 Å². The third-order valence-corrected chi connectivity index (χ3v) is 5.60. The molecule has 4 aromatic rings. The van der Waals surface area contributed by atoms with Crippen LogP contribution in [0.5, 0.6) is 5.75 Å². The highest BCUT2D eigenvalue weighted by molar-refractivity contribution is 7.12. The Kier molecular flexibility index (Phi) is 5.69. The number of nitro groups is 1. The van der Waals surface area contributed by atoms with E-state index in [2.05, 4.69) is 15.4 Å². The molecule has 2 heterocycles. The molecule has 2 aromatic heterocycles. The summed E-state index contributed by atoms with van der Waals surface area (Å²) in [6.07, 6.45) is 0. The molecular weight excluding hydrogens is 430 g/mol. The monoisotopic (exact) mass is 449 g/mol. The molecule has 9 nitrogen and oxygen atoms in total. The van der Waals surface area contributed by atoms with Gasteiger partial charge >= 0.3 is 0 Å². The number of nitro benzene ring substituents is 1. The smallest absolute Gasteiger partial charge is 0.273 e. The van der Waals surface area contributed by atoms with Crippen LogP contribution in [0.1, 0.15) is 21.6 Å². The van der Waals surface area contributed by atoms with Gasteiger partial charge in [0.1, 0.15) is 11.6 Å². The number of hydrogen-bond donors (Lipinski definition) is 1. The second kappa shape index (κ2) is 8.60. The Morgan fingerprint density at radius 1 is 1.19 bits per heavy atom. The van der Waals surface area contributed by atoms with Crippen molar-refractivity contribution in [2.75, 3.05) is 12.4 Å². The van der Waals surface area contributed by atoms with Gasteiger partial charge in [0.2, 0.25) is 5.13 Å². The Hall–Kier alpha value is -4.05. The highest BCUT2D eigenvalue weighted by atomic mass is 32.1. The van der Waals surface area contributed by atoms with E-state index < -0.39 is 10.8 Å². The summed E-state index contributed by atoms with van der Waals surface area (Å²) in [5.74, 6) is 0.674. The van der Waals surface area contributed by atoms with E-state index >= 15 is 0 Å². The number of hydrogen-bond acceptors (Lipinski definition) is 7. The standard InChI is InChI=1S/C22H19N5O4S/c1-13-7-8-16(11-19(13)27(29)30)21(28)24-20-9-14(2)25-26(20)22-23-18(12-32-22)15-5-4-6-17(10-15)31-3/h4-12H,1-3H3,(H,24,28). The van der Waals surface area contributed by atoms with Gasteiger partial charge in [0.25, 0.3) is 11.6 Å². The number of aromatic nitrogens is 3. The van der Waals surface area contributed by atoms with E-state index in [1.165, 1.54) is 17.4 Å². The van der Waals surface area contributed by atoms with Gasteiger partial charge in [0, 0.05) is 34.2 Å². The molecular formula is C22H19N5O4S. The Bertz CT molecular complexity index is 1330. The number of thiazole rings is 1. The predicted molar refractivity (Wildman–Crippen MR) is 122 cm³/mol. The average molecular weight is 449 g/mol. The molecule has 0 atom stereocenters. The number of amides is 1. The number of ether oxygens (including phenoxy) is 1. The van der Waals surface area contributed by atoms with E-state index in [9.17, 15) is 14.9 Å². The van der Waals surface area contributed by atoms with Crippen molar-refractivity contribution in [2.24, 2.45) is 0 Å². The number of nitrogens with one attached hydrogen (secondary N) is 1. The zero-order valence-corrected chi connectivity index (χ0v) is 18.3. The first-order valence-corrected chi connectivity index (χ1v) is 10.5. The van der Waals surface area contributed by atoms with Crippen molar-refractivity contribution in [2.45, 2.75) is 13.8 Å². The molecule has 0 saturated heterocycles. The number of aryl methyl sites for hydroxylation is 2. The molecule has 162 valence electrons. The number of methoxy groups -OCH3 is 1. The molecule has 0 saturated carbocycles. The zero-order chi connectivity index (χ0) is 22.8. The number of nitrogens with zero attached hydrogens (tertiary/aromatic N) is 4. The molecule has 0 fully saturated rings. The second-order valence-electron chi connectivity index (χ2n) is 7.04. The van der Waals surface area contributed by atoms with E-state index in [-0.39, 0.29) is 11.3 Å². The molecule has 0 aliphatic rings. The van der Waals surface area contributed by atoms with Gasteiger partial charge in [-0.1, -0.05) is 18.2 Å². The van der Waals surface area contributed by atoms with Crippen molar-refractivity contribution in [3.8, 4) is 22.1 Å². The van der Waals surface area contributed by atoms with Crippen LogP contribution >= 0.6 is 11.3 Å². The van der Waals surface area contributed by atoms with E-state index in [1.807, 2.05) is 29.6 Å². The van der Waals surface area contributed by atoms with Crippen molar-refractivity contribution < 1.29 is 14.5 Å². The molecule has 0 unspecified atom stereocenters. The molecule has 1 N–H and O–H groups in total. The van der Waals surface area contributed by atoms with Gasteiger partial charge in [0.05, 0.1) is 23.4 Å². The predicted octanol–water partition coefficient (Wildman–Crippen LogP) is 4.78. The molecule has 4 rings (SSSR count). The van der Waals surface area contributed by atoms with Crippen LogP contribution in [0.2, 0.25) is 0 Å². The van der Waals surface area contributed by atoms with Crippen LogP contribution in [0, 0.1) is 24.0 Å². The lowest BCUT2D eigenvalue weighted by Crippen LogP contribution is -2.15. The Labute approximate surface area is 187 Å². The summed E-state index contributed by atoms with van der Waals surface area (Å²) >= 11 is 1.38. The first-order valence-electron chi connectivity index (χ1n) is 9.59. The molecule has 1 amide bonds. The average Bonchev–Trinajstić information content (AvgIpc) is 3.40. The van der Waals surface area contributed by atoms with Crippen LogP contribution < -0.4 is 10.1 Å². The van der Waals surface area contributed by atoms with Gasteiger partial charge < -0.3 is 10.1 Å². The third-order valence-electron chi connectivity index (χ3n) is 4.78. The minimum absolute atomic E-state index is 0.106. The first kappa shape index (κ1) is 21.2. The molecule has 0 radical (unpaired) electrons. The minimum Gasteiger partial charge on any atom is -0.497 e. The molecule has 10 heteroatoms. The number of benzene rings is 2. The van der Waals surface area contributed by atoms with Gasteiger partial charge in [-0.2, -0.15) is 9.78 Å². The quantitative estimate of drug-likeness (QED) is 0.335. The molecule has 32 heavy (non-hydrogen) atoms. The molecule has 0 bridgehead atoms. The number of carbonyl (C=O) groups is 1. The van der Waals surface area contributed by atoms with Crippen LogP contribution in [-0.4, -0.2) is 32.7 Å². The Morgan fingerprint density at radius 2 is 2.00 bits per heavy atom. The topological polar surface area (TPSA) is 112 Å². The highest BCUT2D eigenvalue weighted by Gasteiger charge is 2.18. The number of anilines is 1. The summed E-state index contributed by atoms with van der Waals surface area (Å²) in [4.78, 5) is 28.1. The fourth-order valence-corrected chi connectivity index (χ4v) is 3.94. The lowest BCUT2D eigenvalue weighted by Gasteiger charge is -2.07. The molecule has 0 aliphatic carbocycles. The summed E-state index contributed by atoms with van der Waals surface area (Å²) in [5, 5.41) is 20.9. The van der Waals surface area contributed by atoms with Crippen LogP contribution in [-0.2, 0) is 0 Å². The summed E-state index contributed by atoms with van der Waals surface area (Å²) in [6.45, 7) is 3.43. The number of rotatable bonds is 6. The third kappa shape index (κ3) is 4.21. The zero-order valence-electron chi connectivity index (χ0n) is 17.5. The van der Waals surface area contributed by atoms with Crippen molar-refractivity contribution in [3.05, 3.63) is 80.8 Å². The lowest BCUT2D eigenvalue weighted by molar-refractivity contribution is -0.385. The molecule has 0 aliphatic heterocycles. The summed E-state index contributed by atoms with van der Waals surface area (Å²) < 4.78 is 6.82. The van der Waals surface area contributed by atoms with E-state index in [1.54, 1.807) is 43.8 Å². The van der Waals surface area contributed by atoms with Gasteiger partial charge in [-0.15, -0.1) is 11.3 Å². The maximum Gasteiger partial charge on any atom is 0.273 e. The van der Waals surface area contributed by atoms with Crippen LogP contribution in [0.4, 0.5) is 11.5 Å². The SMILES string of the molecule is COc1cccc(-c2csc(-n3nc(C)cc3NC(=O)c3ccc(C)c([N+](=O)[O-])c3)n2)c1. The van der Waals surface area contributed by atoms with E-state index in [0.29, 0.717) is 22.2 Å². The van der Waals surface area contributed by atoms with E-state index in [0.717, 1.165) is 17.0 Å².